The average Bonchev–Trinajstić information content (AvgIpc) is 2.17. The second kappa shape index (κ2) is 8.09. The van der Waals surface area contributed by atoms with Gasteiger partial charge in [-0.1, -0.05) is 33.6 Å². The molecule has 2 nitrogen and oxygen atoms in total. The quantitative estimate of drug-likeness (QED) is 0.477. The van der Waals surface area contributed by atoms with Crippen molar-refractivity contribution in [3.8, 4) is 0 Å². The van der Waals surface area contributed by atoms with Gasteiger partial charge >= 0.3 is 0 Å². The molecule has 0 aromatic rings. The molecule has 0 heterocycles. The molecule has 0 saturated heterocycles. The van der Waals surface area contributed by atoms with E-state index in [1.54, 1.807) is 0 Å². The normalized spacial score (nSPS) is 10.1. The molecule has 0 aliphatic heterocycles. The SMILES string of the molecule is CCCCN(CCCC)C(=N)CC. The second-order valence-corrected chi connectivity index (χ2v) is 3.49. The molecule has 1 N–H and O–H groups in total. The van der Waals surface area contributed by atoms with Crippen molar-refractivity contribution in [2.75, 3.05) is 13.1 Å². The fourth-order valence-corrected chi connectivity index (χ4v) is 1.30. The van der Waals surface area contributed by atoms with E-state index < -0.39 is 0 Å². The van der Waals surface area contributed by atoms with Crippen molar-refractivity contribution < 1.29 is 0 Å². The van der Waals surface area contributed by atoms with E-state index in [-0.39, 0.29) is 0 Å². The van der Waals surface area contributed by atoms with E-state index >= 15 is 0 Å². The smallest absolute Gasteiger partial charge is 0.0954 e. The highest BCUT2D eigenvalue weighted by Crippen LogP contribution is 2.01. The van der Waals surface area contributed by atoms with Crippen LogP contribution in [0.2, 0.25) is 0 Å². The molecule has 0 bridgehead atoms. The van der Waals surface area contributed by atoms with Gasteiger partial charge in [0.1, 0.15) is 0 Å². The van der Waals surface area contributed by atoms with Crippen molar-refractivity contribution >= 4 is 5.84 Å². The van der Waals surface area contributed by atoms with E-state index in [4.69, 9.17) is 5.41 Å². The van der Waals surface area contributed by atoms with Crippen LogP contribution in [-0.2, 0) is 0 Å². The summed E-state index contributed by atoms with van der Waals surface area (Å²) in [7, 11) is 0. The van der Waals surface area contributed by atoms with E-state index in [9.17, 15) is 0 Å². The van der Waals surface area contributed by atoms with E-state index in [1.807, 2.05) is 0 Å². The standard InChI is InChI=1S/C11H24N2/c1-4-7-9-13(10-8-5-2)11(12)6-3/h12H,4-10H2,1-3H3. The van der Waals surface area contributed by atoms with Crippen molar-refractivity contribution in [1.82, 2.24) is 4.90 Å². The largest absolute Gasteiger partial charge is 0.361 e. The van der Waals surface area contributed by atoms with Gasteiger partial charge in [-0.15, -0.1) is 0 Å². The Bertz CT molecular complexity index is 124. The predicted octanol–water partition coefficient (Wildman–Crippen LogP) is 3.28. The van der Waals surface area contributed by atoms with Gasteiger partial charge in [-0.25, -0.2) is 0 Å². The minimum Gasteiger partial charge on any atom is -0.361 e. The Morgan fingerprint density at radius 3 is 1.77 bits per heavy atom. The topological polar surface area (TPSA) is 27.1 Å². The third-order valence-electron chi connectivity index (χ3n) is 2.28. The molecule has 0 saturated carbocycles. The van der Waals surface area contributed by atoms with Crippen LogP contribution >= 0.6 is 0 Å². The first-order chi connectivity index (χ1) is 6.26. The van der Waals surface area contributed by atoms with Crippen LogP contribution in [0.1, 0.15) is 52.9 Å². The summed E-state index contributed by atoms with van der Waals surface area (Å²) in [6, 6.07) is 0. The fraction of sp³-hybridized carbons (Fsp3) is 0.909. The van der Waals surface area contributed by atoms with Crippen LogP contribution in [0.3, 0.4) is 0 Å². The van der Waals surface area contributed by atoms with Crippen LogP contribution in [0, 0.1) is 5.41 Å². The van der Waals surface area contributed by atoms with Crippen molar-refractivity contribution in [3.05, 3.63) is 0 Å². The van der Waals surface area contributed by atoms with Crippen molar-refractivity contribution in [2.45, 2.75) is 52.9 Å². The van der Waals surface area contributed by atoms with Crippen LogP contribution in [-0.4, -0.2) is 23.8 Å². The number of hydrogen-bond acceptors (Lipinski definition) is 1. The molecule has 13 heavy (non-hydrogen) atoms. The average molecular weight is 184 g/mol. The third kappa shape index (κ3) is 5.67. The van der Waals surface area contributed by atoms with Gasteiger partial charge < -0.3 is 4.90 Å². The number of nitrogens with zero attached hydrogens (tertiary/aromatic N) is 1. The number of rotatable bonds is 7. The molecular weight excluding hydrogens is 160 g/mol. The lowest BCUT2D eigenvalue weighted by Crippen LogP contribution is -2.31. The van der Waals surface area contributed by atoms with Gasteiger partial charge in [0.15, 0.2) is 0 Å². The summed E-state index contributed by atoms with van der Waals surface area (Å²) in [5, 5.41) is 7.78. The van der Waals surface area contributed by atoms with Crippen LogP contribution in [0.4, 0.5) is 0 Å². The highest BCUT2D eigenvalue weighted by molar-refractivity contribution is 5.78. The summed E-state index contributed by atoms with van der Waals surface area (Å²) in [4.78, 5) is 2.23. The first kappa shape index (κ1) is 12.5. The molecular formula is C11H24N2. The Morgan fingerprint density at radius 1 is 1.00 bits per heavy atom. The molecule has 0 fully saturated rings. The van der Waals surface area contributed by atoms with Crippen LogP contribution in [0.25, 0.3) is 0 Å². The molecule has 0 amide bonds. The third-order valence-corrected chi connectivity index (χ3v) is 2.28. The number of unbranched alkanes of at least 4 members (excludes halogenated alkanes) is 2. The Labute approximate surface area is 82.8 Å². The van der Waals surface area contributed by atoms with E-state index in [2.05, 4.69) is 25.7 Å². The van der Waals surface area contributed by atoms with Crippen molar-refractivity contribution in [2.24, 2.45) is 0 Å². The molecule has 0 unspecified atom stereocenters. The highest BCUT2D eigenvalue weighted by Gasteiger charge is 2.05. The van der Waals surface area contributed by atoms with Gasteiger partial charge in [-0.05, 0) is 12.8 Å². The van der Waals surface area contributed by atoms with Crippen molar-refractivity contribution in [3.63, 3.8) is 0 Å². The molecule has 0 aliphatic rings. The lowest BCUT2D eigenvalue weighted by atomic mass is 10.2. The summed E-state index contributed by atoms with van der Waals surface area (Å²) in [6.07, 6.45) is 5.74. The number of nitrogens with one attached hydrogen (secondary N) is 1. The minimum atomic E-state index is 0.807. The highest BCUT2D eigenvalue weighted by atomic mass is 15.2. The van der Waals surface area contributed by atoms with Gasteiger partial charge in [0.2, 0.25) is 0 Å². The maximum Gasteiger partial charge on any atom is 0.0954 e. The molecule has 78 valence electrons. The number of hydrogen-bond donors (Lipinski definition) is 1. The summed E-state index contributed by atoms with van der Waals surface area (Å²) >= 11 is 0. The molecule has 0 aromatic carbocycles. The first-order valence-electron chi connectivity index (χ1n) is 5.58. The zero-order valence-corrected chi connectivity index (χ0v) is 9.40. The summed E-state index contributed by atoms with van der Waals surface area (Å²) < 4.78 is 0. The van der Waals surface area contributed by atoms with Gasteiger partial charge in [-0.2, -0.15) is 0 Å². The van der Waals surface area contributed by atoms with Crippen molar-refractivity contribution in [1.29, 1.82) is 5.41 Å². The lowest BCUT2D eigenvalue weighted by Gasteiger charge is -2.24. The van der Waals surface area contributed by atoms with E-state index in [0.29, 0.717) is 0 Å². The van der Waals surface area contributed by atoms with Gasteiger partial charge in [-0.3, -0.25) is 5.41 Å². The predicted molar refractivity (Wildman–Crippen MR) is 59.4 cm³/mol. The minimum absolute atomic E-state index is 0.807. The first-order valence-corrected chi connectivity index (χ1v) is 5.58. The zero-order chi connectivity index (χ0) is 10.1. The Kier molecular flexibility index (Phi) is 7.76. The Balaban J connectivity index is 3.79. The van der Waals surface area contributed by atoms with Gasteiger partial charge in [0.25, 0.3) is 0 Å². The fourth-order valence-electron chi connectivity index (χ4n) is 1.30. The molecule has 2 heteroatoms. The molecule has 0 aromatic heterocycles. The second-order valence-electron chi connectivity index (χ2n) is 3.49. The van der Waals surface area contributed by atoms with Gasteiger partial charge in [0.05, 0.1) is 5.84 Å². The Hall–Kier alpha value is -0.530. The monoisotopic (exact) mass is 184 g/mol. The molecule has 0 radical (unpaired) electrons. The maximum absolute atomic E-state index is 7.78. The zero-order valence-electron chi connectivity index (χ0n) is 9.40. The molecule has 0 atom stereocenters. The van der Waals surface area contributed by atoms with E-state index in [1.165, 1.54) is 25.7 Å². The van der Waals surface area contributed by atoms with E-state index in [0.717, 1.165) is 25.3 Å². The maximum atomic E-state index is 7.78. The molecule has 0 spiro atoms. The van der Waals surface area contributed by atoms with Crippen LogP contribution in [0.15, 0.2) is 0 Å². The van der Waals surface area contributed by atoms with Crippen LogP contribution in [0.5, 0.6) is 0 Å². The molecule has 0 rings (SSSR count). The molecule has 0 aliphatic carbocycles. The summed E-state index contributed by atoms with van der Waals surface area (Å²) in [5.74, 6) is 0.807. The van der Waals surface area contributed by atoms with Crippen LogP contribution < -0.4 is 0 Å². The lowest BCUT2D eigenvalue weighted by molar-refractivity contribution is 0.389. The van der Waals surface area contributed by atoms with Gasteiger partial charge in [0, 0.05) is 19.5 Å². The summed E-state index contributed by atoms with van der Waals surface area (Å²) in [6.45, 7) is 8.61. The number of amidine groups is 1. The summed E-state index contributed by atoms with van der Waals surface area (Å²) in [5.41, 5.74) is 0. The Morgan fingerprint density at radius 2 is 1.46 bits per heavy atom.